The highest BCUT2D eigenvalue weighted by Crippen LogP contribution is 2.00. The predicted molar refractivity (Wildman–Crippen MR) is 66.5 cm³/mol. The summed E-state index contributed by atoms with van der Waals surface area (Å²) in [7, 11) is -3.58. The number of aromatic nitrogens is 2. The van der Waals surface area contributed by atoms with Gasteiger partial charge in [-0.2, -0.15) is 0 Å². The summed E-state index contributed by atoms with van der Waals surface area (Å²) in [4.78, 5) is 19.4. The zero-order chi connectivity index (χ0) is 13.6. The van der Waals surface area contributed by atoms with Crippen molar-refractivity contribution >= 4 is 21.7 Å². The van der Waals surface area contributed by atoms with Crippen LogP contribution in [0.25, 0.3) is 0 Å². The number of carbonyl (C=O) groups is 1. The normalized spacial score (nSPS) is 11.0. The Hall–Kier alpha value is -1.74. The monoisotopic (exact) mass is 273 g/mol. The van der Waals surface area contributed by atoms with E-state index in [1.54, 1.807) is 0 Å². The highest BCUT2D eigenvalue weighted by atomic mass is 32.2. The molecule has 0 saturated heterocycles. The smallest absolute Gasteiger partial charge is 0.271 e. The van der Waals surface area contributed by atoms with Gasteiger partial charge >= 0.3 is 0 Å². The van der Waals surface area contributed by atoms with Gasteiger partial charge in [-0.1, -0.05) is 0 Å². The van der Waals surface area contributed by atoms with Gasteiger partial charge in [-0.3, -0.25) is 4.79 Å². The summed E-state index contributed by atoms with van der Waals surface area (Å²) in [6, 6.07) is 0. The maximum Gasteiger partial charge on any atom is 0.271 e. The molecular weight excluding hydrogens is 258 g/mol. The largest absolute Gasteiger partial charge is 0.369 e. The van der Waals surface area contributed by atoms with E-state index >= 15 is 0 Å². The van der Waals surface area contributed by atoms with Gasteiger partial charge in [0.15, 0.2) is 0 Å². The summed E-state index contributed by atoms with van der Waals surface area (Å²) < 4.78 is 21.3. The molecule has 1 amide bonds. The lowest BCUT2D eigenvalue weighted by molar-refractivity contribution is 0.0951. The first-order valence-corrected chi connectivity index (χ1v) is 6.98. The van der Waals surface area contributed by atoms with Crippen molar-refractivity contribution in [3.05, 3.63) is 18.1 Å². The summed E-state index contributed by atoms with van der Waals surface area (Å²) in [5.74, 6) is -0.241. The van der Waals surface area contributed by atoms with E-state index in [9.17, 15) is 13.2 Å². The summed E-state index contributed by atoms with van der Waals surface area (Å²) in [6.45, 7) is 2.55. The predicted octanol–water partition coefficient (Wildman–Crippen LogP) is -1.07. The van der Waals surface area contributed by atoms with Gasteiger partial charge in [0.2, 0.25) is 10.0 Å². The molecule has 1 heterocycles. The molecule has 100 valence electrons. The first kappa shape index (κ1) is 14.3. The molecule has 0 radical (unpaired) electrons. The Morgan fingerprint density at radius 3 is 2.61 bits per heavy atom. The van der Waals surface area contributed by atoms with Crippen molar-refractivity contribution in [3.8, 4) is 0 Å². The van der Waals surface area contributed by atoms with E-state index in [1.807, 2.05) is 6.92 Å². The quantitative estimate of drug-likeness (QED) is 0.605. The zero-order valence-corrected chi connectivity index (χ0v) is 10.7. The third-order valence-corrected chi connectivity index (χ3v) is 2.69. The van der Waals surface area contributed by atoms with Crippen LogP contribution in [-0.4, -0.2) is 43.1 Å². The van der Waals surface area contributed by atoms with Gasteiger partial charge in [0.25, 0.3) is 5.91 Å². The maximum atomic E-state index is 11.5. The number of primary sulfonamides is 1. The van der Waals surface area contributed by atoms with E-state index in [1.165, 1.54) is 12.4 Å². The van der Waals surface area contributed by atoms with Crippen LogP contribution in [0, 0.1) is 0 Å². The summed E-state index contributed by atoms with van der Waals surface area (Å²) in [6.07, 6.45) is 2.74. The van der Waals surface area contributed by atoms with Gasteiger partial charge in [-0.25, -0.2) is 23.5 Å². The van der Waals surface area contributed by atoms with E-state index in [2.05, 4.69) is 20.6 Å². The molecule has 0 aromatic carbocycles. The molecule has 0 bridgehead atoms. The molecule has 0 fully saturated rings. The third kappa shape index (κ3) is 5.06. The van der Waals surface area contributed by atoms with Crippen LogP contribution in [0.2, 0.25) is 0 Å². The molecule has 1 rings (SSSR count). The lowest BCUT2D eigenvalue weighted by Crippen LogP contribution is -2.32. The Morgan fingerprint density at radius 2 is 2.11 bits per heavy atom. The van der Waals surface area contributed by atoms with Gasteiger partial charge in [0.05, 0.1) is 18.1 Å². The van der Waals surface area contributed by atoms with E-state index in [0.717, 1.165) is 0 Å². The van der Waals surface area contributed by atoms with E-state index in [-0.39, 0.29) is 18.0 Å². The molecule has 18 heavy (non-hydrogen) atoms. The average molecular weight is 273 g/mol. The Balaban J connectivity index is 2.51. The second kappa shape index (κ2) is 6.26. The van der Waals surface area contributed by atoms with Gasteiger partial charge < -0.3 is 10.6 Å². The zero-order valence-electron chi connectivity index (χ0n) is 9.88. The van der Waals surface area contributed by atoms with Crippen molar-refractivity contribution in [2.24, 2.45) is 5.14 Å². The van der Waals surface area contributed by atoms with E-state index in [4.69, 9.17) is 5.14 Å². The van der Waals surface area contributed by atoms with Crippen LogP contribution in [0.5, 0.6) is 0 Å². The molecular formula is C9H15N5O3S. The van der Waals surface area contributed by atoms with Crippen LogP contribution >= 0.6 is 0 Å². The van der Waals surface area contributed by atoms with Gasteiger partial charge in [-0.15, -0.1) is 0 Å². The van der Waals surface area contributed by atoms with Crippen molar-refractivity contribution in [1.82, 2.24) is 15.3 Å². The summed E-state index contributed by atoms with van der Waals surface area (Å²) in [5.41, 5.74) is 0.117. The van der Waals surface area contributed by atoms with Crippen molar-refractivity contribution in [2.75, 3.05) is 24.2 Å². The molecule has 0 atom stereocenters. The van der Waals surface area contributed by atoms with Crippen molar-refractivity contribution in [1.29, 1.82) is 0 Å². The summed E-state index contributed by atoms with van der Waals surface area (Å²) in [5, 5.41) is 10.1. The highest BCUT2D eigenvalue weighted by Gasteiger charge is 2.09. The second-order valence-electron chi connectivity index (χ2n) is 3.44. The molecule has 4 N–H and O–H groups in total. The van der Waals surface area contributed by atoms with E-state index < -0.39 is 15.9 Å². The maximum absolute atomic E-state index is 11.5. The topological polar surface area (TPSA) is 127 Å². The number of nitrogens with one attached hydrogen (secondary N) is 2. The van der Waals surface area contributed by atoms with Gasteiger partial charge in [0, 0.05) is 13.1 Å². The van der Waals surface area contributed by atoms with E-state index in [0.29, 0.717) is 12.4 Å². The standard InChI is InChI=1S/C9H15N5O3S/c1-2-11-8-6-13-7(5-14-8)9(15)12-3-4-18(10,16)17/h5-6H,2-4H2,1H3,(H,11,14)(H,12,15)(H2,10,16,17). The Bertz CT molecular complexity index is 499. The molecule has 0 aliphatic carbocycles. The number of amides is 1. The number of hydrogen-bond acceptors (Lipinski definition) is 6. The minimum absolute atomic E-state index is 0.0612. The second-order valence-corrected chi connectivity index (χ2v) is 5.17. The molecule has 8 nitrogen and oxygen atoms in total. The minimum Gasteiger partial charge on any atom is -0.369 e. The number of hydrogen-bond donors (Lipinski definition) is 3. The number of sulfonamides is 1. The number of nitrogens with two attached hydrogens (primary N) is 1. The third-order valence-electron chi connectivity index (χ3n) is 1.91. The Kier molecular flexibility index (Phi) is 4.98. The molecule has 0 saturated carbocycles. The molecule has 1 aromatic rings. The molecule has 0 aliphatic heterocycles. The fraction of sp³-hybridized carbons (Fsp3) is 0.444. The van der Waals surface area contributed by atoms with Crippen molar-refractivity contribution in [2.45, 2.75) is 6.92 Å². The van der Waals surface area contributed by atoms with Crippen molar-refractivity contribution < 1.29 is 13.2 Å². The lowest BCUT2D eigenvalue weighted by atomic mass is 10.4. The number of nitrogens with zero attached hydrogens (tertiary/aromatic N) is 2. The molecule has 9 heteroatoms. The van der Waals surface area contributed by atoms with Gasteiger partial charge in [0.1, 0.15) is 11.5 Å². The fourth-order valence-corrected chi connectivity index (χ4v) is 1.50. The minimum atomic E-state index is -3.58. The number of rotatable bonds is 6. The first-order chi connectivity index (χ1) is 8.42. The first-order valence-electron chi connectivity index (χ1n) is 5.27. The summed E-state index contributed by atoms with van der Waals surface area (Å²) >= 11 is 0. The van der Waals surface area contributed by atoms with Crippen LogP contribution in [0.3, 0.4) is 0 Å². The molecule has 1 aromatic heterocycles. The fourth-order valence-electron chi connectivity index (χ4n) is 1.12. The van der Waals surface area contributed by atoms with Crippen LogP contribution < -0.4 is 15.8 Å². The van der Waals surface area contributed by atoms with Crippen LogP contribution in [0.1, 0.15) is 17.4 Å². The average Bonchev–Trinajstić information content (AvgIpc) is 2.28. The highest BCUT2D eigenvalue weighted by molar-refractivity contribution is 7.89. The number of anilines is 1. The van der Waals surface area contributed by atoms with Crippen LogP contribution in [0.15, 0.2) is 12.4 Å². The molecule has 0 aliphatic rings. The molecule has 0 spiro atoms. The lowest BCUT2D eigenvalue weighted by Gasteiger charge is -2.04. The number of carbonyl (C=O) groups excluding carboxylic acids is 1. The Morgan fingerprint density at radius 1 is 1.39 bits per heavy atom. The van der Waals surface area contributed by atoms with Crippen LogP contribution in [0.4, 0.5) is 5.82 Å². The van der Waals surface area contributed by atoms with Gasteiger partial charge in [-0.05, 0) is 6.92 Å². The molecule has 0 unspecified atom stereocenters. The van der Waals surface area contributed by atoms with Crippen LogP contribution in [-0.2, 0) is 10.0 Å². The SMILES string of the molecule is CCNc1cnc(C(=O)NCCS(N)(=O)=O)cn1. The van der Waals surface area contributed by atoms with Crippen molar-refractivity contribution in [3.63, 3.8) is 0 Å². The Labute approximate surface area is 105 Å².